The molecule has 0 aliphatic rings. The topological polar surface area (TPSA) is 72.5 Å². The minimum atomic E-state index is -0.574. The van der Waals surface area contributed by atoms with Crippen molar-refractivity contribution in [3.05, 3.63) is 21.3 Å². The lowest BCUT2D eigenvalue weighted by Gasteiger charge is -2.02. The van der Waals surface area contributed by atoms with Gasteiger partial charge in [-0.1, -0.05) is 11.6 Å². The van der Waals surface area contributed by atoms with Gasteiger partial charge in [0.25, 0.3) is 5.91 Å². The van der Waals surface area contributed by atoms with Crippen LogP contribution >= 0.6 is 22.9 Å². The molecule has 0 aromatic carbocycles. The van der Waals surface area contributed by atoms with E-state index in [0.29, 0.717) is 9.21 Å². The van der Waals surface area contributed by atoms with Gasteiger partial charge in [0.15, 0.2) is 12.4 Å². The zero-order valence-electron chi connectivity index (χ0n) is 9.70. The predicted octanol–water partition coefficient (Wildman–Crippen LogP) is 1.65. The fraction of sp³-hybridized carbons (Fsp3) is 0.364. The van der Waals surface area contributed by atoms with Crippen molar-refractivity contribution in [1.82, 2.24) is 5.32 Å². The van der Waals surface area contributed by atoms with E-state index in [2.05, 4.69) is 10.1 Å². The Kier molecular flexibility index (Phi) is 5.80. The van der Waals surface area contributed by atoms with Gasteiger partial charge >= 0.3 is 5.97 Å². The van der Waals surface area contributed by atoms with Gasteiger partial charge < -0.3 is 10.1 Å². The Hall–Kier alpha value is -1.40. The van der Waals surface area contributed by atoms with E-state index >= 15 is 0 Å². The molecule has 0 saturated carbocycles. The number of carbonyl (C=O) groups excluding carboxylic acids is 3. The van der Waals surface area contributed by atoms with Crippen molar-refractivity contribution in [2.24, 2.45) is 0 Å². The molecule has 1 aromatic heterocycles. The molecule has 1 amide bonds. The van der Waals surface area contributed by atoms with Crippen molar-refractivity contribution >= 4 is 40.6 Å². The first-order chi connectivity index (χ1) is 8.52. The zero-order chi connectivity index (χ0) is 13.5. The van der Waals surface area contributed by atoms with E-state index in [1.165, 1.54) is 18.4 Å². The van der Waals surface area contributed by atoms with Gasteiger partial charge in [-0.15, -0.1) is 11.3 Å². The monoisotopic (exact) mass is 289 g/mol. The number of halogens is 1. The van der Waals surface area contributed by atoms with Gasteiger partial charge in [-0.25, -0.2) is 0 Å². The third-order valence-electron chi connectivity index (χ3n) is 2.05. The standard InChI is InChI=1S/C11H12ClNO4S/c1-13-10(15)6-17-11(16)5-2-7(14)8-3-4-9(12)18-8/h3-4H,2,5-6H2,1H3,(H,13,15). The number of hydrogen-bond donors (Lipinski definition) is 1. The lowest BCUT2D eigenvalue weighted by atomic mass is 10.2. The maximum absolute atomic E-state index is 11.6. The number of likely N-dealkylation sites (N-methyl/N-ethyl adjacent to an activating group) is 1. The van der Waals surface area contributed by atoms with Gasteiger partial charge in [0.1, 0.15) is 0 Å². The Labute approximate surface area is 113 Å². The molecule has 0 radical (unpaired) electrons. The first-order valence-electron chi connectivity index (χ1n) is 5.17. The molecule has 1 heterocycles. The molecule has 0 unspecified atom stereocenters. The van der Waals surface area contributed by atoms with Crippen molar-refractivity contribution in [2.45, 2.75) is 12.8 Å². The number of ketones is 1. The summed E-state index contributed by atoms with van der Waals surface area (Å²) in [5.41, 5.74) is 0. The van der Waals surface area contributed by atoms with Crippen LogP contribution in [0.4, 0.5) is 0 Å². The molecule has 1 rings (SSSR count). The van der Waals surface area contributed by atoms with Gasteiger partial charge in [-0.05, 0) is 12.1 Å². The Morgan fingerprint density at radius 1 is 1.33 bits per heavy atom. The summed E-state index contributed by atoms with van der Waals surface area (Å²) in [6.45, 7) is -0.325. The Bertz CT molecular complexity index is 458. The van der Waals surface area contributed by atoms with E-state index in [1.54, 1.807) is 12.1 Å². The summed E-state index contributed by atoms with van der Waals surface area (Å²) in [5, 5.41) is 2.32. The number of hydrogen-bond acceptors (Lipinski definition) is 5. The summed E-state index contributed by atoms with van der Waals surface area (Å²) in [5.74, 6) is -1.13. The van der Waals surface area contributed by atoms with Crippen LogP contribution < -0.4 is 5.32 Å². The highest BCUT2D eigenvalue weighted by molar-refractivity contribution is 7.18. The molecule has 18 heavy (non-hydrogen) atoms. The van der Waals surface area contributed by atoms with Crippen molar-refractivity contribution in [3.63, 3.8) is 0 Å². The summed E-state index contributed by atoms with van der Waals surface area (Å²) in [7, 11) is 1.44. The van der Waals surface area contributed by atoms with E-state index in [-0.39, 0.29) is 31.1 Å². The summed E-state index contributed by atoms with van der Waals surface area (Å²) < 4.78 is 5.19. The van der Waals surface area contributed by atoms with E-state index in [1.807, 2.05) is 0 Å². The molecule has 0 fully saturated rings. The minimum Gasteiger partial charge on any atom is -0.456 e. The minimum absolute atomic E-state index is 0.0451. The maximum Gasteiger partial charge on any atom is 0.306 e. The number of amides is 1. The highest BCUT2D eigenvalue weighted by atomic mass is 35.5. The van der Waals surface area contributed by atoms with E-state index in [9.17, 15) is 14.4 Å². The smallest absolute Gasteiger partial charge is 0.306 e. The SMILES string of the molecule is CNC(=O)COC(=O)CCC(=O)c1ccc(Cl)s1. The molecule has 0 spiro atoms. The molecule has 1 aromatic rings. The normalized spacial score (nSPS) is 9.89. The maximum atomic E-state index is 11.6. The summed E-state index contributed by atoms with van der Waals surface area (Å²) in [6, 6.07) is 3.24. The van der Waals surface area contributed by atoms with Crippen LogP contribution in [0.5, 0.6) is 0 Å². The average molecular weight is 290 g/mol. The summed E-state index contributed by atoms with van der Waals surface area (Å²) >= 11 is 6.87. The molecule has 7 heteroatoms. The summed E-state index contributed by atoms with van der Waals surface area (Å²) in [6.07, 6.45) is -0.00519. The van der Waals surface area contributed by atoms with Gasteiger partial charge in [0, 0.05) is 13.5 Å². The van der Waals surface area contributed by atoms with Crippen LogP contribution in [0, 0.1) is 0 Å². The highest BCUT2D eigenvalue weighted by Gasteiger charge is 2.12. The Balaban J connectivity index is 2.30. The quantitative estimate of drug-likeness (QED) is 0.638. The number of esters is 1. The lowest BCUT2D eigenvalue weighted by Crippen LogP contribution is -2.25. The molecule has 5 nitrogen and oxygen atoms in total. The number of Topliss-reactive ketones (excluding diaryl/α,β-unsaturated/α-hetero) is 1. The van der Waals surface area contributed by atoms with Crippen LogP contribution in [0.3, 0.4) is 0 Å². The van der Waals surface area contributed by atoms with Crippen molar-refractivity contribution in [2.75, 3.05) is 13.7 Å². The second kappa shape index (κ2) is 7.13. The van der Waals surface area contributed by atoms with Crippen LogP contribution in [-0.4, -0.2) is 31.3 Å². The average Bonchev–Trinajstić information content (AvgIpc) is 2.79. The Morgan fingerprint density at radius 3 is 2.61 bits per heavy atom. The van der Waals surface area contributed by atoms with Crippen LogP contribution in [0.2, 0.25) is 4.34 Å². The number of thiophene rings is 1. The Morgan fingerprint density at radius 2 is 2.06 bits per heavy atom. The summed E-state index contributed by atoms with van der Waals surface area (Å²) in [4.78, 5) is 34.2. The highest BCUT2D eigenvalue weighted by Crippen LogP contribution is 2.22. The molecule has 0 aliphatic heterocycles. The van der Waals surface area contributed by atoms with Crippen LogP contribution in [0.1, 0.15) is 22.5 Å². The first kappa shape index (κ1) is 14.7. The number of carbonyl (C=O) groups is 3. The second-order valence-corrected chi connectivity index (χ2v) is 5.08. The van der Waals surface area contributed by atoms with Gasteiger partial charge in [0.05, 0.1) is 15.6 Å². The molecule has 1 N–H and O–H groups in total. The number of rotatable bonds is 6. The van der Waals surface area contributed by atoms with Crippen LogP contribution in [0.25, 0.3) is 0 Å². The zero-order valence-corrected chi connectivity index (χ0v) is 11.3. The lowest BCUT2D eigenvalue weighted by molar-refractivity contribution is -0.148. The fourth-order valence-electron chi connectivity index (χ4n) is 1.09. The molecule has 0 atom stereocenters. The molecular weight excluding hydrogens is 278 g/mol. The fourth-order valence-corrected chi connectivity index (χ4v) is 2.10. The van der Waals surface area contributed by atoms with E-state index in [4.69, 9.17) is 11.6 Å². The second-order valence-electron chi connectivity index (χ2n) is 3.36. The molecule has 0 aliphatic carbocycles. The molecule has 98 valence electrons. The van der Waals surface area contributed by atoms with Crippen LogP contribution in [-0.2, 0) is 14.3 Å². The van der Waals surface area contributed by atoms with Crippen molar-refractivity contribution < 1.29 is 19.1 Å². The largest absolute Gasteiger partial charge is 0.456 e. The molecule has 0 saturated heterocycles. The predicted molar refractivity (Wildman–Crippen MR) is 67.9 cm³/mol. The third kappa shape index (κ3) is 4.85. The van der Waals surface area contributed by atoms with Crippen molar-refractivity contribution in [3.8, 4) is 0 Å². The van der Waals surface area contributed by atoms with E-state index in [0.717, 1.165) is 0 Å². The van der Waals surface area contributed by atoms with Gasteiger partial charge in [0.2, 0.25) is 0 Å². The van der Waals surface area contributed by atoms with Crippen molar-refractivity contribution in [1.29, 1.82) is 0 Å². The molecular formula is C11H12ClNO4S. The van der Waals surface area contributed by atoms with Crippen LogP contribution in [0.15, 0.2) is 12.1 Å². The first-order valence-corrected chi connectivity index (χ1v) is 6.37. The third-order valence-corrected chi connectivity index (χ3v) is 3.32. The van der Waals surface area contributed by atoms with Gasteiger partial charge in [-0.2, -0.15) is 0 Å². The number of nitrogens with one attached hydrogen (secondary N) is 1. The number of ether oxygens (including phenoxy) is 1. The molecule has 0 bridgehead atoms. The van der Waals surface area contributed by atoms with Gasteiger partial charge in [-0.3, -0.25) is 14.4 Å². The van der Waals surface area contributed by atoms with E-state index < -0.39 is 5.97 Å².